The first-order valence-electron chi connectivity index (χ1n) is 4.98. The van der Waals surface area contributed by atoms with Crippen LogP contribution in [0.5, 0.6) is 0 Å². The third kappa shape index (κ3) is 2.25. The molecule has 6 nitrogen and oxygen atoms in total. The normalized spacial score (nSPS) is 10.1. The Morgan fingerprint density at radius 3 is 2.61 bits per heavy atom. The smallest absolute Gasteiger partial charge is 0.277 e. The monoisotopic (exact) mass is 248 g/mol. The predicted molar refractivity (Wildman–Crippen MR) is 61.9 cm³/mol. The van der Waals surface area contributed by atoms with Crippen LogP contribution in [0.25, 0.3) is 11.3 Å². The van der Waals surface area contributed by atoms with E-state index in [1.807, 2.05) is 5.43 Å². The number of nitrogens with one attached hydrogen (secondary N) is 2. The summed E-state index contributed by atoms with van der Waals surface area (Å²) >= 11 is 0. The maximum absolute atomic E-state index is 12.8. The molecule has 0 radical (unpaired) electrons. The van der Waals surface area contributed by atoms with Crippen LogP contribution in [0.2, 0.25) is 0 Å². The number of aromatic amines is 1. The van der Waals surface area contributed by atoms with Crippen molar-refractivity contribution in [2.45, 2.75) is 0 Å². The first-order valence-corrected chi connectivity index (χ1v) is 4.98. The molecule has 18 heavy (non-hydrogen) atoms. The SMILES string of the molecule is NNC(=O)c1cc(-c2ccc(F)cc2)n[nH]c1=O. The maximum atomic E-state index is 12.8. The number of H-pyrrole nitrogens is 1. The molecule has 0 bridgehead atoms. The molecule has 4 N–H and O–H groups in total. The van der Waals surface area contributed by atoms with Gasteiger partial charge in [0.05, 0.1) is 5.69 Å². The van der Waals surface area contributed by atoms with Gasteiger partial charge in [-0.1, -0.05) is 0 Å². The van der Waals surface area contributed by atoms with Crippen molar-refractivity contribution in [2.75, 3.05) is 0 Å². The lowest BCUT2D eigenvalue weighted by atomic mass is 10.1. The number of hydrogen-bond donors (Lipinski definition) is 3. The van der Waals surface area contributed by atoms with Gasteiger partial charge in [-0.3, -0.25) is 15.0 Å². The van der Waals surface area contributed by atoms with Gasteiger partial charge in [0.25, 0.3) is 11.5 Å². The molecule has 0 fully saturated rings. The molecule has 0 atom stereocenters. The molecule has 1 aromatic heterocycles. The third-order valence-electron chi connectivity index (χ3n) is 2.32. The topological polar surface area (TPSA) is 101 Å². The van der Waals surface area contributed by atoms with E-state index in [2.05, 4.69) is 10.2 Å². The Morgan fingerprint density at radius 1 is 1.33 bits per heavy atom. The van der Waals surface area contributed by atoms with Gasteiger partial charge in [-0.05, 0) is 30.3 Å². The molecule has 7 heteroatoms. The minimum Gasteiger partial charge on any atom is -0.290 e. The standard InChI is InChI=1S/C11H9FN4O2/c12-7-3-1-6(2-4-7)9-5-8(10(17)14-13)11(18)16-15-9/h1-5H,13H2,(H,14,17)(H,16,18). The van der Waals surface area contributed by atoms with E-state index in [0.717, 1.165) is 0 Å². The van der Waals surface area contributed by atoms with Crippen molar-refractivity contribution < 1.29 is 9.18 Å². The van der Waals surface area contributed by atoms with Gasteiger partial charge in [0.2, 0.25) is 0 Å². The van der Waals surface area contributed by atoms with E-state index >= 15 is 0 Å². The highest BCUT2D eigenvalue weighted by Crippen LogP contribution is 2.16. The van der Waals surface area contributed by atoms with E-state index in [4.69, 9.17) is 5.84 Å². The molecule has 2 rings (SSSR count). The van der Waals surface area contributed by atoms with Crippen molar-refractivity contribution >= 4 is 5.91 Å². The Bertz CT molecular complexity index is 636. The van der Waals surface area contributed by atoms with Crippen molar-refractivity contribution in [3.63, 3.8) is 0 Å². The molecule has 0 saturated carbocycles. The quantitative estimate of drug-likeness (QED) is 0.401. The molecule has 0 aliphatic heterocycles. The fourth-order valence-corrected chi connectivity index (χ4v) is 1.42. The number of nitrogens with zero attached hydrogens (tertiary/aromatic N) is 1. The molecule has 0 aliphatic rings. The largest absolute Gasteiger partial charge is 0.290 e. The number of amides is 1. The van der Waals surface area contributed by atoms with Crippen molar-refractivity contribution in [3.05, 3.63) is 52.1 Å². The number of aromatic nitrogens is 2. The predicted octanol–water partition coefficient (Wildman–Crippen LogP) is 0.179. The van der Waals surface area contributed by atoms with Gasteiger partial charge in [-0.2, -0.15) is 5.10 Å². The first-order chi connectivity index (χ1) is 8.61. The summed E-state index contributed by atoms with van der Waals surface area (Å²) in [6.07, 6.45) is 0. The highest BCUT2D eigenvalue weighted by molar-refractivity contribution is 5.94. The van der Waals surface area contributed by atoms with E-state index in [1.54, 1.807) is 0 Å². The molecule has 0 saturated heterocycles. The zero-order chi connectivity index (χ0) is 13.1. The molecular weight excluding hydrogens is 239 g/mol. The average Bonchev–Trinajstić information content (AvgIpc) is 2.39. The fourth-order valence-electron chi connectivity index (χ4n) is 1.42. The minimum absolute atomic E-state index is 0.160. The molecule has 0 unspecified atom stereocenters. The van der Waals surface area contributed by atoms with Crippen molar-refractivity contribution in [2.24, 2.45) is 5.84 Å². The van der Waals surface area contributed by atoms with Gasteiger partial charge in [0, 0.05) is 5.56 Å². The second kappa shape index (κ2) is 4.76. The number of hydrazine groups is 1. The van der Waals surface area contributed by atoms with Gasteiger partial charge >= 0.3 is 0 Å². The van der Waals surface area contributed by atoms with Gasteiger partial charge < -0.3 is 0 Å². The second-order valence-corrected chi connectivity index (χ2v) is 3.48. The summed E-state index contributed by atoms with van der Waals surface area (Å²) in [6, 6.07) is 6.77. The lowest BCUT2D eigenvalue weighted by molar-refractivity contribution is 0.0952. The number of rotatable bonds is 2. The van der Waals surface area contributed by atoms with Crippen LogP contribution in [0, 0.1) is 5.82 Å². The van der Waals surface area contributed by atoms with Crippen LogP contribution in [-0.4, -0.2) is 16.1 Å². The van der Waals surface area contributed by atoms with E-state index in [1.165, 1.54) is 30.3 Å². The lowest BCUT2D eigenvalue weighted by Crippen LogP contribution is -2.34. The lowest BCUT2D eigenvalue weighted by Gasteiger charge is -2.02. The number of carbonyl (C=O) groups excluding carboxylic acids is 1. The van der Waals surface area contributed by atoms with Gasteiger partial charge in [-0.25, -0.2) is 15.3 Å². The minimum atomic E-state index is -0.720. The number of nitrogen functional groups attached to an aromatic ring is 1. The van der Waals surface area contributed by atoms with Crippen molar-refractivity contribution in [1.82, 2.24) is 15.6 Å². The van der Waals surface area contributed by atoms with E-state index in [-0.39, 0.29) is 11.4 Å². The molecule has 0 spiro atoms. The van der Waals surface area contributed by atoms with Gasteiger partial charge in [0.1, 0.15) is 11.4 Å². The molecule has 1 amide bonds. The maximum Gasteiger partial charge on any atom is 0.277 e. The van der Waals surface area contributed by atoms with Crippen LogP contribution >= 0.6 is 0 Å². The average molecular weight is 248 g/mol. The first kappa shape index (κ1) is 11.9. The number of hydrogen-bond acceptors (Lipinski definition) is 4. The Labute approximate surface area is 101 Å². The third-order valence-corrected chi connectivity index (χ3v) is 2.32. The summed E-state index contributed by atoms with van der Waals surface area (Å²) in [5, 5.41) is 5.96. The van der Waals surface area contributed by atoms with Crippen LogP contribution in [0.4, 0.5) is 4.39 Å². The van der Waals surface area contributed by atoms with Gasteiger partial charge in [-0.15, -0.1) is 0 Å². The highest BCUT2D eigenvalue weighted by atomic mass is 19.1. The van der Waals surface area contributed by atoms with Crippen molar-refractivity contribution in [3.8, 4) is 11.3 Å². The zero-order valence-corrected chi connectivity index (χ0v) is 9.11. The summed E-state index contributed by atoms with van der Waals surface area (Å²) < 4.78 is 12.8. The van der Waals surface area contributed by atoms with Crippen LogP contribution < -0.4 is 16.8 Å². The van der Waals surface area contributed by atoms with Crippen LogP contribution in [0.15, 0.2) is 35.1 Å². The zero-order valence-electron chi connectivity index (χ0n) is 9.11. The number of halogens is 1. The molecular formula is C11H9FN4O2. The summed E-state index contributed by atoms with van der Waals surface area (Å²) in [6.45, 7) is 0. The van der Waals surface area contributed by atoms with Crippen LogP contribution in [0.3, 0.4) is 0 Å². The highest BCUT2D eigenvalue weighted by Gasteiger charge is 2.11. The Hall–Kier alpha value is -2.54. The summed E-state index contributed by atoms with van der Waals surface area (Å²) in [4.78, 5) is 22.7. The Balaban J connectivity index is 2.50. The van der Waals surface area contributed by atoms with Crippen molar-refractivity contribution in [1.29, 1.82) is 0 Å². The molecule has 0 aliphatic carbocycles. The number of nitrogens with two attached hydrogens (primary N) is 1. The van der Waals surface area contributed by atoms with E-state index in [0.29, 0.717) is 11.3 Å². The van der Waals surface area contributed by atoms with Gasteiger partial charge in [0.15, 0.2) is 0 Å². The number of carbonyl (C=O) groups is 1. The molecule has 2 aromatic rings. The Morgan fingerprint density at radius 2 is 2.00 bits per heavy atom. The van der Waals surface area contributed by atoms with E-state index < -0.39 is 11.5 Å². The molecule has 1 heterocycles. The number of benzene rings is 1. The second-order valence-electron chi connectivity index (χ2n) is 3.48. The van der Waals surface area contributed by atoms with Crippen LogP contribution in [-0.2, 0) is 0 Å². The Kier molecular flexibility index (Phi) is 3.16. The summed E-state index contributed by atoms with van der Waals surface area (Å²) in [5.41, 5.74) is 1.96. The fraction of sp³-hybridized carbons (Fsp3) is 0. The molecule has 1 aromatic carbocycles. The van der Waals surface area contributed by atoms with E-state index in [9.17, 15) is 14.0 Å². The van der Waals surface area contributed by atoms with Crippen LogP contribution in [0.1, 0.15) is 10.4 Å². The summed E-state index contributed by atoms with van der Waals surface area (Å²) in [5.74, 6) is 3.85. The molecule has 92 valence electrons. The summed E-state index contributed by atoms with van der Waals surface area (Å²) in [7, 11) is 0.